The van der Waals surface area contributed by atoms with Crippen molar-refractivity contribution in [2.45, 2.75) is 31.8 Å². The zero-order valence-electron chi connectivity index (χ0n) is 13.6. The number of carbonyl (C=O) groups is 1. The average Bonchev–Trinajstić information content (AvgIpc) is 2.93. The Morgan fingerprint density at radius 2 is 2.30 bits per heavy atom. The highest BCUT2D eigenvalue weighted by Crippen LogP contribution is 2.13. The maximum Gasteiger partial charge on any atom is 0.224 e. The zero-order valence-corrected chi connectivity index (χ0v) is 13.6. The Morgan fingerprint density at radius 1 is 1.39 bits per heavy atom. The number of aryl methyl sites for hydroxylation is 1. The minimum absolute atomic E-state index is 0.112. The van der Waals surface area contributed by atoms with Crippen molar-refractivity contribution in [3.8, 4) is 0 Å². The lowest BCUT2D eigenvalue weighted by molar-refractivity contribution is -0.121. The summed E-state index contributed by atoms with van der Waals surface area (Å²) in [5, 5.41) is 3.18. The maximum absolute atomic E-state index is 12.2. The summed E-state index contributed by atoms with van der Waals surface area (Å²) in [5.41, 5.74) is 2.15. The van der Waals surface area contributed by atoms with Gasteiger partial charge in [0.15, 0.2) is 0 Å². The molecule has 1 unspecified atom stereocenters. The number of nitrogens with one attached hydrogen (secondary N) is 1. The number of hydrogen-bond donors (Lipinski definition) is 1. The van der Waals surface area contributed by atoms with Crippen LogP contribution in [0.2, 0.25) is 0 Å². The molecule has 122 valence electrons. The van der Waals surface area contributed by atoms with E-state index in [-0.39, 0.29) is 11.9 Å². The van der Waals surface area contributed by atoms with Crippen LogP contribution >= 0.6 is 0 Å². The lowest BCUT2D eigenvalue weighted by Gasteiger charge is -2.32. The molecule has 0 aromatic carbocycles. The number of piperidine rings is 1. The zero-order chi connectivity index (χ0) is 16.1. The van der Waals surface area contributed by atoms with Gasteiger partial charge in [-0.25, -0.2) is 0 Å². The topological polar surface area (TPSA) is 50.2 Å². The molecule has 3 rings (SSSR count). The minimum Gasteiger partial charge on any atom is -0.357 e. The van der Waals surface area contributed by atoms with E-state index in [2.05, 4.69) is 21.3 Å². The Kier molecular flexibility index (Phi) is 5.08. The SMILES string of the molecule is Cn1ccc(CC(=O)NC2CCCN(Cc3ccccn3)C2)c1. The fraction of sp³-hybridized carbons (Fsp3) is 0.444. The highest BCUT2D eigenvalue weighted by Gasteiger charge is 2.21. The molecule has 1 atom stereocenters. The van der Waals surface area contributed by atoms with E-state index in [0.717, 1.165) is 43.7 Å². The summed E-state index contributed by atoms with van der Waals surface area (Å²) in [4.78, 5) is 19.0. The van der Waals surface area contributed by atoms with Crippen LogP contribution < -0.4 is 5.32 Å². The van der Waals surface area contributed by atoms with Crippen LogP contribution in [0, 0.1) is 0 Å². The Hall–Kier alpha value is -2.14. The number of aromatic nitrogens is 2. The summed E-state index contributed by atoms with van der Waals surface area (Å²) < 4.78 is 1.97. The third kappa shape index (κ3) is 4.66. The molecule has 1 aliphatic rings. The number of nitrogens with zero attached hydrogens (tertiary/aromatic N) is 3. The lowest BCUT2D eigenvalue weighted by atomic mass is 10.0. The standard InChI is InChI=1S/C18H24N4O/c1-21-10-7-15(12-21)11-18(23)20-17-6-4-9-22(14-17)13-16-5-2-3-8-19-16/h2-3,5,7-8,10,12,17H,4,6,9,11,13-14H2,1H3,(H,20,23). The Bertz CT molecular complexity index is 637. The quantitative estimate of drug-likeness (QED) is 0.915. The molecule has 5 heteroatoms. The number of amides is 1. The van der Waals surface area contributed by atoms with Crippen molar-refractivity contribution in [3.63, 3.8) is 0 Å². The summed E-state index contributed by atoms with van der Waals surface area (Å²) in [7, 11) is 1.97. The van der Waals surface area contributed by atoms with E-state index >= 15 is 0 Å². The van der Waals surface area contributed by atoms with Crippen molar-refractivity contribution in [2.75, 3.05) is 13.1 Å². The van der Waals surface area contributed by atoms with Gasteiger partial charge in [-0.05, 0) is 43.1 Å². The van der Waals surface area contributed by atoms with E-state index in [1.165, 1.54) is 0 Å². The van der Waals surface area contributed by atoms with E-state index in [1.54, 1.807) is 0 Å². The van der Waals surface area contributed by atoms with Gasteiger partial charge in [0.05, 0.1) is 12.1 Å². The molecule has 1 fully saturated rings. The van der Waals surface area contributed by atoms with Gasteiger partial charge in [-0.1, -0.05) is 6.07 Å². The van der Waals surface area contributed by atoms with E-state index < -0.39 is 0 Å². The van der Waals surface area contributed by atoms with Crippen molar-refractivity contribution in [1.29, 1.82) is 0 Å². The first-order valence-electron chi connectivity index (χ1n) is 8.21. The van der Waals surface area contributed by atoms with Crippen LogP contribution in [-0.4, -0.2) is 39.5 Å². The smallest absolute Gasteiger partial charge is 0.224 e. The summed E-state index contributed by atoms with van der Waals surface area (Å²) in [6.45, 7) is 2.82. The van der Waals surface area contributed by atoms with Gasteiger partial charge in [0.2, 0.25) is 5.91 Å². The van der Waals surface area contributed by atoms with Crippen molar-refractivity contribution in [1.82, 2.24) is 19.8 Å². The van der Waals surface area contributed by atoms with E-state index in [4.69, 9.17) is 0 Å². The first-order valence-corrected chi connectivity index (χ1v) is 8.21. The highest BCUT2D eigenvalue weighted by molar-refractivity contribution is 5.78. The van der Waals surface area contributed by atoms with Gasteiger partial charge in [-0.15, -0.1) is 0 Å². The van der Waals surface area contributed by atoms with Gasteiger partial charge >= 0.3 is 0 Å². The third-order valence-corrected chi connectivity index (χ3v) is 4.24. The van der Waals surface area contributed by atoms with E-state index in [9.17, 15) is 4.79 Å². The maximum atomic E-state index is 12.2. The number of hydrogen-bond acceptors (Lipinski definition) is 3. The molecule has 0 radical (unpaired) electrons. The summed E-state index contributed by atoms with van der Waals surface area (Å²) in [6.07, 6.45) is 8.42. The van der Waals surface area contributed by atoms with Gasteiger partial charge in [-0.2, -0.15) is 0 Å². The lowest BCUT2D eigenvalue weighted by Crippen LogP contribution is -2.47. The molecule has 2 aromatic heterocycles. The molecule has 0 bridgehead atoms. The molecule has 1 aliphatic heterocycles. The van der Waals surface area contributed by atoms with Crippen LogP contribution in [0.15, 0.2) is 42.9 Å². The Morgan fingerprint density at radius 3 is 3.04 bits per heavy atom. The fourth-order valence-corrected chi connectivity index (χ4v) is 3.17. The molecule has 3 heterocycles. The molecular formula is C18H24N4O. The van der Waals surface area contributed by atoms with Gasteiger partial charge in [-0.3, -0.25) is 14.7 Å². The molecule has 23 heavy (non-hydrogen) atoms. The number of carbonyl (C=O) groups excluding carboxylic acids is 1. The van der Waals surface area contributed by atoms with Gasteiger partial charge in [0.1, 0.15) is 0 Å². The van der Waals surface area contributed by atoms with Crippen molar-refractivity contribution < 1.29 is 4.79 Å². The summed E-state index contributed by atoms with van der Waals surface area (Å²) in [6, 6.07) is 8.24. The monoisotopic (exact) mass is 312 g/mol. The second-order valence-electron chi connectivity index (χ2n) is 6.32. The van der Waals surface area contributed by atoms with Crippen LogP contribution in [0.4, 0.5) is 0 Å². The van der Waals surface area contributed by atoms with Crippen LogP contribution in [-0.2, 0) is 24.8 Å². The van der Waals surface area contributed by atoms with E-state index in [0.29, 0.717) is 6.42 Å². The molecule has 5 nitrogen and oxygen atoms in total. The largest absolute Gasteiger partial charge is 0.357 e. The molecule has 1 amide bonds. The van der Waals surface area contributed by atoms with Crippen LogP contribution in [0.3, 0.4) is 0 Å². The molecule has 2 aromatic rings. The Balaban J connectivity index is 1.49. The molecule has 1 N–H and O–H groups in total. The summed E-state index contributed by atoms with van der Waals surface area (Å²) in [5.74, 6) is 0.112. The first-order chi connectivity index (χ1) is 11.2. The second kappa shape index (κ2) is 7.42. The minimum atomic E-state index is 0.112. The van der Waals surface area contributed by atoms with Gasteiger partial charge in [0.25, 0.3) is 0 Å². The average molecular weight is 312 g/mol. The van der Waals surface area contributed by atoms with Crippen LogP contribution in [0.5, 0.6) is 0 Å². The number of pyridine rings is 1. The Labute approximate surface area is 137 Å². The number of rotatable bonds is 5. The van der Waals surface area contributed by atoms with Crippen molar-refractivity contribution in [2.24, 2.45) is 7.05 Å². The molecular weight excluding hydrogens is 288 g/mol. The molecule has 1 saturated heterocycles. The van der Waals surface area contributed by atoms with Crippen molar-refractivity contribution in [3.05, 3.63) is 54.1 Å². The first kappa shape index (κ1) is 15.7. The predicted octanol–water partition coefficient (Wildman–Crippen LogP) is 1.74. The van der Waals surface area contributed by atoms with Crippen LogP contribution in [0.1, 0.15) is 24.1 Å². The molecule has 0 saturated carbocycles. The van der Waals surface area contributed by atoms with Crippen molar-refractivity contribution >= 4 is 5.91 Å². The van der Waals surface area contributed by atoms with Gasteiger partial charge in [0, 0.05) is 44.8 Å². The third-order valence-electron chi connectivity index (χ3n) is 4.24. The number of likely N-dealkylation sites (tertiary alicyclic amines) is 1. The fourth-order valence-electron chi connectivity index (χ4n) is 3.17. The van der Waals surface area contributed by atoms with Gasteiger partial charge < -0.3 is 9.88 Å². The van der Waals surface area contributed by atoms with E-state index in [1.807, 2.05) is 48.4 Å². The summed E-state index contributed by atoms with van der Waals surface area (Å²) >= 11 is 0. The molecule has 0 aliphatic carbocycles. The predicted molar refractivity (Wildman–Crippen MR) is 89.8 cm³/mol. The second-order valence-corrected chi connectivity index (χ2v) is 6.32. The normalized spacial score (nSPS) is 18.7. The van der Waals surface area contributed by atoms with Crippen LogP contribution in [0.25, 0.3) is 0 Å². The molecule has 0 spiro atoms. The highest BCUT2D eigenvalue weighted by atomic mass is 16.1.